The van der Waals surface area contributed by atoms with Crippen molar-refractivity contribution in [3.63, 3.8) is 0 Å². The third-order valence-corrected chi connectivity index (χ3v) is 0.530. The van der Waals surface area contributed by atoms with Crippen LogP contribution >= 0.6 is 7.82 Å². The van der Waals surface area contributed by atoms with Gasteiger partial charge in [-0.2, -0.15) is 0 Å². The van der Waals surface area contributed by atoms with Crippen molar-refractivity contribution in [3.8, 4) is 0 Å². The molecule has 0 atom stereocenters. The van der Waals surface area contributed by atoms with Gasteiger partial charge in [0.15, 0.2) is 17.9 Å². The number of hydrogen-bond acceptors (Lipinski definition) is 6. The van der Waals surface area contributed by atoms with Crippen LogP contribution in [0.25, 0.3) is 0 Å². The number of hydrogen-bond donors (Lipinski definition) is 5. The minimum atomic E-state index is -4.64. The van der Waals surface area contributed by atoms with E-state index in [-0.39, 0.29) is 6.29 Å². The summed E-state index contributed by atoms with van der Waals surface area (Å²) in [6.45, 7) is 2.32. The number of aliphatic hydroxyl groups excluding tert-OH is 1. The molecule has 0 aromatic heterocycles. The van der Waals surface area contributed by atoms with Gasteiger partial charge in [0.05, 0.1) is 0 Å². The van der Waals surface area contributed by atoms with Gasteiger partial charge in [0.25, 0.3) is 0 Å². The van der Waals surface area contributed by atoms with Gasteiger partial charge in [-0.1, -0.05) is 0 Å². The summed E-state index contributed by atoms with van der Waals surface area (Å²) >= 11 is 0. The van der Waals surface area contributed by atoms with E-state index in [1.807, 2.05) is 0 Å². The number of carbonyl (C=O) groups excluding carboxylic acids is 3. The molecule has 96 valence electrons. The predicted molar refractivity (Wildman–Crippen MR) is 49.9 cm³/mol. The van der Waals surface area contributed by atoms with E-state index in [1.54, 1.807) is 0 Å². The Morgan fingerprint density at radius 2 is 1.25 bits per heavy atom. The van der Waals surface area contributed by atoms with E-state index < -0.39 is 25.7 Å². The van der Waals surface area contributed by atoms with Crippen molar-refractivity contribution < 1.29 is 43.8 Å². The molecule has 0 aliphatic carbocycles. The summed E-state index contributed by atoms with van der Waals surface area (Å²) < 4.78 is 8.88. The standard InChI is InChI=1S/C3H6O3.C3H4O2.H3O4P/c1-2(4)3(5)6;1-3(5)2-4;1-5(2,3)4/h3,5-6H,1H3;2H,1H3;(H3,1,2,3,4). The smallest absolute Gasteiger partial charge is 0.362 e. The summed E-state index contributed by atoms with van der Waals surface area (Å²) in [4.78, 5) is 49.8. The van der Waals surface area contributed by atoms with Gasteiger partial charge >= 0.3 is 7.82 Å². The zero-order chi connectivity index (χ0) is 13.9. The topological polar surface area (TPSA) is 169 Å². The Kier molecular flexibility index (Phi) is 13.5. The Labute approximate surface area is 90.6 Å². The molecule has 0 spiro atoms. The second-order valence-corrected chi connectivity index (χ2v) is 3.25. The van der Waals surface area contributed by atoms with Crippen molar-refractivity contribution in [2.45, 2.75) is 20.1 Å². The second kappa shape index (κ2) is 10.6. The zero-order valence-electron chi connectivity index (χ0n) is 8.47. The zero-order valence-corrected chi connectivity index (χ0v) is 9.37. The largest absolute Gasteiger partial charge is 0.466 e. The molecule has 0 fully saturated rings. The lowest BCUT2D eigenvalue weighted by atomic mass is 10.4. The Balaban J connectivity index is -0.000000160. The van der Waals surface area contributed by atoms with Gasteiger partial charge in [0.1, 0.15) is 0 Å². The van der Waals surface area contributed by atoms with Crippen LogP contribution < -0.4 is 0 Å². The molecule has 0 unspecified atom stereocenters. The van der Waals surface area contributed by atoms with Gasteiger partial charge in [-0.15, -0.1) is 0 Å². The van der Waals surface area contributed by atoms with E-state index >= 15 is 0 Å². The fourth-order valence-corrected chi connectivity index (χ4v) is 0. The molecule has 0 bridgehead atoms. The highest BCUT2D eigenvalue weighted by Gasteiger charge is 2.00. The fraction of sp³-hybridized carbons (Fsp3) is 0.500. The molecule has 0 saturated heterocycles. The average molecular weight is 260 g/mol. The van der Waals surface area contributed by atoms with Crippen molar-refractivity contribution in [1.82, 2.24) is 0 Å². The first kappa shape index (κ1) is 20.5. The molecule has 0 aliphatic heterocycles. The van der Waals surface area contributed by atoms with Crippen LogP contribution in [0, 0.1) is 0 Å². The number of rotatable bonds is 2. The fourth-order valence-electron chi connectivity index (χ4n) is 0. The first-order valence-corrected chi connectivity index (χ1v) is 5.09. The summed E-state index contributed by atoms with van der Waals surface area (Å²) in [6.07, 6.45) is -1.51. The summed E-state index contributed by atoms with van der Waals surface area (Å²) in [5.41, 5.74) is 0. The highest BCUT2D eigenvalue weighted by atomic mass is 31.2. The summed E-state index contributed by atoms with van der Waals surface area (Å²) in [7, 11) is -4.64. The van der Waals surface area contributed by atoms with Crippen LogP contribution in [0.2, 0.25) is 0 Å². The quantitative estimate of drug-likeness (QED) is 0.159. The molecule has 9 nitrogen and oxygen atoms in total. The van der Waals surface area contributed by atoms with Crippen LogP contribution in [0.1, 0.15) is 13.8 Å². The Hall–Kier alpha value is -0.960. The van der Waals surface area contributed by atoms with E-state index in [9.17, 15) is 9.59 Å². The van der Waals surface area contributed by atoms with Crippen molar-refractivity contribution in [2.75, 3.05) is 0 Å². The first-order chi connectivity index (χ1) is 6.91. The van der Waals surface area contributed by atoms with Gasteiger partial charge < -0.3 is 24.9 Å². The summed E-state index contributed by atoms with van der Waals surface area (Å²) in [5.74, 6) is -1.06. The maximum absolute atomic E-state index is 9.64. The van der Waals surface area contributed by atoms with Gasteiger partial charge in [0.2, 0.25) is 6.29 Å². The lowest BCUT2D eigenvalue weighted by Gasteiger charge is -1.90. The Morgan fingerprint density at radius 3 is 1.25 bits per heavy atom. The minimum Gasteiger partial charge on any atom is -0.362 e. The van der Waals surface area contributed by atoms with E-state index in [0.29, 0.717) is 0 Å². The number of aldehydes is 1. The third kappa shape index (κ3) is 74.4. The van der Waals surface area contributed by atoms with Crippen LogP contribution in [0.4, 0.5) is 0 Å². The molecule has 0 aromatic rings. The van der Waals surface area contributed by atoms with Gasteiger partial charge in [0, 0.05) is 6.92 Å². The Bertz CT molecular complexity index is 257. The van der Waals surface area contributed by atoms with E-state index in [1.165, 1.54) is 6.92 Å². The number of Topliss-reactive ketones (excluding diaryl/α,β-unsaturated/α-hetero) is 2. The molecule has 5 N–H and O–H groups in total. The lowest BCUT2D eigenvalue weighted by Crippen LogP contribution is -2.14. The molecule has 0 rings (SSSR count). The van der Waals surface area contributed by atoms with Gasteiger partial charge in [-0.25, -0.2) is 4.57 Å². The molecular formula is C6H13O9P. The van der Waals surface area contributed by atoms with Crippen LogP contribution in [0.3, 0.4) is 0 Å². The molecular weight excluding hydrogens is 247 g/mol. The van der Waals surface area contributed by atoms with Gasteiger partial charge in [-0.3, -0.25) is 14.4 Å². The monoisotopic (exact) mass is 260 g/mol. The molecule has 16 heavy (non-hydrogen) atoms. The van der Waals surface area contributed by atoms with Crippen molar-refractivity contribution in [2.24, 2.45) is 0 Å². The minimum absolute atomic E-state index is 0.278. The van der Waals surface area contributed by atoms with Gasteiger partial charge in [-0.05, 0) is 6.92 Å². The molecule has 0 aromatic carbocycles. The van der Waals surface area contributed by atoms with E-state index in [4.69, 9.17) is 34.3 Å². The number of aliphatic hydroxyl groups is 2. The number of ketones is 2. The normalized spacial score (nSPS) is 9.25. The maximum Gasteiger partial charge on any atom is 0.466 e. The summed E-state index contributed by atoms with van der Waals surface area (Å²) in [5, 5.41) is 15.7. The highest BCUT2D eigenvalue weighted by Crippen LogP contribution is 2.25. The highest BCUT2D eigenvalue weighted by molar-refractivity contribution is 7.45. The average Bonchev–Trinajstić information content (AvgIpc) is 2.02. The van der Waals surface area contributed by atoms with Crippen molar-refractivity contribution in [1.29, 1.82) is 0 Å². The third-order valence-electron chi connectivity index (χ3n) is 0.530. The molecule has 0 aliphatic rings. The maximum atomic E-state index is 9.64. The van der Waals surface area contributed by atoms with Crippen molar-refractivity contribution >= 4 is 25.7 Å². The molecule has 10 heteroatoms. The summed E-state index contributed by atoms with van der Waals surface area (Å²) in [6, 6.07) is 0. The van der Waals surface area contributed by atoms with Crippen molar-refractivity contribution in [3.05, 3.63) is 0 Å². The second-order valence-electron chi connectivity index (χ2n) is 2.23. The van der Waals surface area contributed by atoms with Crippen LogP contribution in [0.15, 0.2) is 0 Å². The first-order valence-electron chi connectivity index (χ1n) is 3.52. The Morgan fingerprint density at radius 1 is 1.12 bits per heavy atom. The molecule has 0 heterocycles. The SMILES string of the molecule is CC(=O)C(O)O.CC(=O)C=O.O=P(O)(O)O. The van der Waals surface area contributed by atoms with E-state index in [0.717, 1.165) is 6.92 Å². The molecule has 0 amide bonds. The van der Waals surface area contributed by atoms with E-state index in [2.05, 4.69) is 0 Å². The van der Waals surface area contributed by atoms with Crippen LogP contribution in [0.5, 0.6) is 0 Å². The van der Waals surface area contributed by atoms with Crippen LogP contribution in [-0.2, 0) is 18.9 Å². The molecule has 0 radical (unpaired) electrons. The number of phosphoric acid groups is 1. The lowest BCUT2D eigenvalue weighted by molar-refractivity contribution is -0.142. The molecule has 0 saturated carbocycles. The predicted octanol–water partition coefficient (Wildman–Crippen LogP) is -2.27. The van der Waals surface area contributed by atoms with Crippen LogP contribution in [-0.4, -0.2) is 49.0 Å². The number of carbonyl (C=O) groups is 3.